The first-order valence-corrected chi connectivity index (χ1v) is 12.1. The number of aromatic nitrogens is 3. The van der Waals surface area contributed by atoms with Gasteiger partial charge in [0.05, 0.1) is 49.2 Å². The summed E-state index contributed by atoms with van der Waals surface area (Å²) in [5.74, 6) is 0.704. The molecular weight excluding hydrogens is 428 g/mol. The summed E-state index contributed by atoms with van der Waals surface area (Å²) in [6, 6.07) is 10.4. The second-order valence-corrected chi connectivity index (χ2v) is 9.91. The van der Waals surface area contributed by atoms with Gasteiger partial charge in [-0.05, 0) is 46.1 Å². The van der Waals surface area contributed by atoms with Crippen molar-refractivity contribution in [2.75, 3.05) is 36.6 Å². The zero-order chi connectivity index (χ0) is 23.7. The highest BCUT2D eigenvalue weighted by Crippen LogP contribution is 2.32. The number of aryl methyl sites for hydroxylation is 1. The molecule has 2 saturated heterocycles. The maximum absolute atomic E-state index is 6.24. The number of anilines is 2. The molecule has 0 spiro atoms. The molecule has 2 aromatic heterocycles. The molecule has 8 nitrogen and oxygen atoms in total. The summed E-state index contributed by atoms with van der Waals surface area (Å²) in [5, 5.41) is 4.64. The van der Waals surface area contributed by atoms with Gasteiger partial charge in [-0.1, -0.05) is 29.8 Å². The van der Waals surface area contributed by atoms with Crippen LogP contribution in [-0.2, 0) is 16.0 Å². The van der Waals surface area contributed by atoms with Crippen LogP contribution in [0.5, 0.6) is 0 Å². The molecule has 2 aliphatic heterocycles. The number of morpholine rings is 1. The highest BCUT2D eigenvalue weighted by atomic mass is 16.5. The normalized spacial score (nSPS) is 20.8. The Kier molecular flexibility index (Phi) is 6.27. The van der Waals surface area contributed by atoms with Crippen molar-refractivity contribution in [2.45, 2.75) is 58.8 Å². The van der Waals surface area contributed by atoms with Gasteiger partial charge in [0, 0.05) is 19.2 Å². The summed E-state index contributed by atoms with van der Waals surface area (Å²) in [4.78, 5) is 12.0. The van der Waals surface area contributed by atoms with E-state index in [0.29, 0.717) is 19.0 Å². The fourth-order valence-electron chi connectivity index (χ4n) is 4.76. The SMILES string of the molecule is C/C(=N\Nc1cc(N2CCOCC2)c2ncn(C[C@@H]3CCC(C)(C)O3)c2n1)c1cccc(C)c1. The number of nitrogens with one attached hydrogen (secondary N) is 1. The van der Waals surface area contributed by atoms with E-state index in [1.807, 2.05) is 19.3 Å². The third-order valence-electron chi connectivity index (χ3n) is 6.63. The molecular formula is C26H34N6O2. The van der Waals surface area contributed by atoms with Crippen LogP contribution in [0, 0.1) is 6.92 Å². The molecule has 0 radical (unpaired) electrons. The Balaban J connectivity index is 1.47. The van der Waals surface area contributed by atoms with E-state index in [9.17, 15) is 0 Å². The van der Waals surface area contributed by atoms with Crippen LogP contribution in [0.15, 0.2) is 41.8 Å². The van der Waals surface area contributed by atoms with Crippen LogP contribution in [0.2, 0.25) is 0 Å². The summed E-state index contributed by atoms with van der Waals surface area (Å²) in [7, 11) is 0. The third kappa shape index (κ3) is 4.93. The first kappa shape index (κ1) is 22.8. The Bertz CT molecular complexity index is 1200. The molecule has 0 bridgehead atoms. The van der Waals surface area contributed by atoms with Gasteiger partial charge in [-0.15, -0.1) is 0 Å². The van der Waals surface area contributed by atoms with Gasteiger partial charge in [-0.25, -0.2) is 9.97 Å². The largest absolute Gasteiger partial charge is 0.378 e. The zero-order valence-electron chi connectivity index (χ0n) is 20.5. The van der Waals surface area contributed by atoms with E-state index in [2.05, 4.69) is 65.0 Å². The molecule has 34 heavy (non-hydrogen) atoms. The summed E-state index contributed by atoms with van der Waals surface area (Å²) < 4.78 is 13.9. The maximum atomic E-state index is 6.24. The molecule has 180 valence electrons. The summed E-state index contributed by atoms with van der Waals surface area (Å²) in [5.41, 5.74) is 9.17. The molecule has 1 N–H and O–H groups in total. The molecule has 0 unspecified atom stereocenters. The van der Waals surface area contributed by atoms with Gasteiger partial charge in [0.1, 0.15) is 5.52 Å². The van der Waals surface area contributed by atoms with Crippen LogP contribution in [0.4, 0.5) is 11.5 Å². The van der Waals surface area contributed by atoms with Crippen LogP contribution in [-0.4, -0.2) is 58.3 Å². The van der Waals surface area contributed by atoms with Gasteiger partial charge in [0.25, 0.3) is 0 Å². The van der Waals surface area contributed by atoms with Gasteiger partial charge in [0.2, 0.25) is 0 Å². The number of imidazole rings is 1. The van der Waals surface area contributed by atoms with Gasteiger partial charge in [-0.2, -0.15) is 5.10 Å². The van der Waals surface area contributed by atoms with E-state index in [1.54, 1.807) is 0 Å². The lowest BCUT2D eigenvalue weighted by atomic mass is 10.1. The van der Waals surface area contributed by atoms with Gasteiger partial charge in [0.15, 0.2) is 11.5 Å². The van der Waals surface area contributed by atoms with Crippen LogP contribution in [0.3, 0.4) is 0 Å². The quantitative estimate of drug-likeness (QED) is 0.433. The van der Waals surface area contributed by atoms with Gasteiger partial charge in [-0.3, -0.25) is 5.43 Å². The van der Waals surface area contributed by atoms with E-state index in [4.69, 9.17) is 19.4 Å². The average molecular weight is 463 g/mol. The van der Waals surface area contributed by atoms with Crippen molar-refractivity contribution >= 4 is 28.4 Å². The summed E-state index contributed by atoms with van der Waals surface area (Å²) >= 11 is 0. The van der Waals surface area contributed by atoms with Crippen molar-refractivity contribution in [3.63, 3.8) is 0 Å². The number of fused-ring (bicyclic) bond motifs is 1. The van der Waals surface area contributed by atoms with Crippen LogP contribution in [0.1, 0.15) is 44.7 Å². The smallest absolute Gasteiger partial charge is 0.164 e. The van der Waals surface area contributed by atoms with Crippen molar-refractivity contribution in [1.29, 1.82) is 0 Å². The summed E-state index contributed by atoms with van der Waals surface area (Å²) in [6.07, 6.45) is 4.16. The lowest BCUT2D eigenvalue weighted by Crippen LogP contribution is -2.36. The minimum atomic E-state index is -0.0673. The lowest BCUT2D eigenvalue weighted by Gasteiger charge is -2.29. The molecule has 3 aromatic rings. The Morgan fingerprint density at radius 2 is 2.06 bits per heavy atom. The first-order valence-electron chi connectivity index (χ1n) is 12.1. The van der Waals surface area contributed by atoms with Gasteiger partial charge >= 0.3 is 0 Å². The molecule has 2 aliphatic rings. The third-order valence-corrected chi connectivity index (χ3v) is 6.63. The lowest BCUT2D eigenvalue weighted by molar-refractivity contribution is -0.0213. The molecule has 0 amide bonds. The number of benzene rings is 1. The zero-order valence-corrected chi connectivity index (χ0v) is 20.5. The van der Waals surface area contributed by atoms with E-state index in [0.717, 1.165) is 60.6 Å². The standard InChI is InChI=1S/C26H34N6O2/c1-18-6-5-7-20(14-18)19(2)29-30-23-15-22(31-10-12-33-13-11-31)24-25(28-23)32(17-27-24)16-21-8-9-26(3,4)34-21/h5-7,14-15,17,21H,8-13,16H2,1-4H3,(H,28,30)/b29-19+/t21-/m0/s1. The number of hydrazone groups is 1. The highest BCUT2D eigenvalue weighted by molar-refractivity contribution is 5.99. The second kappa shape index (κ2) is 9.35. The van der Waals surface area contributed by atoms with Crippen LogP contribution in [0.25, 0.3) is 11.2 Å². The molecule has 2 fully saturated rings. The van der Waals surface area contributed by atoms with E-state index in [1.165, 1.54) is 5.56 Å². The number of rotatable bonds is 6. The minimum Gasteiger partial charge on any atom is -0.378 e. The monoisotopic (exact) mass is 462 g/mol. The first-order chi connectivity index (χ1) is 16.4. The van der Waals surface area contributed by atoms with Crippen molar-refractivity contribution in [3.8, 4) is 0 Å². The number of hydrogen-bond acceptors (Lipinski definition) is 7. The molecule has 1 atom stereocenters. The fraction of sp³-hybridized carbons (Fsp3) is 0.500. The topological polar surface area (TPSA) is 76.8 Å². The van der Waals surface area contributed by atoms with Crippen LogP contribution >= 0.6 is 0 Å². The second-order valence-electron chi connectivity index (χ2n) is 9.91. The fourth-order valence-corrected chi connectivity index (χ4v) is 4.76. The highest BCUT2D eigenvalue weighted by Gasteiger charge is 2.32. The Hall–Kier alpha value is -2.97. The van der Waals surface area contributed by atoms with Gasteiger partial charge < -0.3 is 18.9 Å². The van der Waals surface area contributed by atoms with E-state index < -0.39 is 0 Å². The number of hydrogen-bond donors (Lipinski definition) is 1. The Labute approximate surface area is 201 Å². The maximum Gasteiger partial charge on any atom is 0.164 e. The molecule has 5 rings (SSSR count). The number of nitrogens with zero attached hydrogens (tertiary/aromatic N) is 5. The minimum absolute atomic E-state index is 0.0673. The predicted molar refractivity (Wildman–Crippen MR) is 136 cm³/mol. The average Bonchev–Trinajstić information content (AvgIpc) is 3.39. The molecule has 1 aromatic carbocycles. The van der Waals surface area contributed by atoms with Crippen molar-refractivity contribution in [1.82, 2.24) is 14.5 Å². The summed E-state index contributed by atoms with van der Waals surface area (Å²) in [6.45, 7) is 12.2. The number of pyridine rings is 1. The predicted octanol–water partition coefficient (Wildman–Crippen LogP) is 4.37. The molecule has 8 heteroatoms. The van der Waals surface area contributed by atoms with Crippen molar-refractivity contribution < 1.29 is 9.47 Å². The van der Waals surface area contributed by atoms with E-state index >= 15 is 0 Å². The molecule has 0 saturated carbocycles. The molecule has 0 aliphatic carbocycles. The van der Waals surface area contributed by atoms with E-state index in [-0.39, 0.29) is 11.7 Å². The van der Waals surface area contributed by atoms with Crippen molar-refractivity contribution in [3.05, 3.63) is 47.8 Å². The Morgan fingerprint density at radius 3 is 2.79 bits per heavy atom. The Morgan fingerprint density at radius 1 is 1.24 bits per heavy atom. The van der Waals surface area contributed by atoms with Crippen molar-refractivity contribution in [2.24, 2.45) is 5.10 Å². The molecule has 4 heterocycles. The number of ether oxygens (including phenoxy) is 2. The van der Waals surface area contributed by atoms with Crippen LogP contribution < -0.4 is 10.3 Å².